The fourth-order valence-corrected chi connectivity index (χ4v) is 5.81. The number of hydrogen-bond acceptors (Lipinski definition) is 3. The van der Waals surface area contributed by atoms with Gasteiger partial charge in [-0.3, -0.25) is 9.20 Å². The number of aliphatic hydroxyl groups is 1. The van der Waals surface area contributed by atoms with Crippen molar-refractivity contribution in [1.29, 1.82) is 0 Å². The van der Waals surface area contributed by atoms with Gasteiger partial charge in [0.1, 0.15) is 11.3 Å². The Morgan fingerprint density at radius 2 is 2.00 bits per heavy atom. The predicted molar refractivity (Wildman–Crippen MR) is 101 cm³/mol. The van der Waals surface area contributed by atoms with E-state index in [9.17, 15) is 9.90 Å². The van der Waals surface area contributed by atoms with Gasteiger partial charge in [0.05, 0.1) is 12.3 Å². The van der Waals surface area contributed by atoms with Crippen LogP contribution in [0.5, 0.6) is 0 Å². The molecule has 2 aromatic rings. The second kappa shape index (κ2) is 6.69. The lowest BCUT2D eigenvalue weighted by Crippen LogP contribution is -2.46. The van der Waals surface area contributed by atoms with Crippen LogP contribution in [0.15, 0.2) is 24.4 Å². The molecule has 5 nitrogen and oxygen atoms in total. The monoisotopic (exact) mass is 355 g/mol. The number of carbonyl (C=O) groups is 1. The number of hydrogen-bond donors (Lipinski definition) is 2. The molecule has 2 atom stereocenters. The summed E-state index contributed by atoms with van der Waals surface area (Å²) < 4.78 is 1.77. The van der Waals surface area contributed by atoms with Gasteiger partial charge in [-0.15, -0.1) is 0 Å². The molecule has 0 aliphatic heterocycles. The normalized spacial score (nSPS) is 31.1. The standard InChI is InChI=1S/C21H29N3O2/c1-14-6-16-7-15(2)9-21(8-14,10-16)13-22-20(26)18-4-3-5-19-23-17(12-25)11-24(18)19/h3-5,11,14-16,25H,6-10,12-13H2,1-2H3,(H,22,26). The molecule has 2 fully saturated rings. The first-order chi connectivity index (χ1) is 12.5. The van der Waals surface area contributed by atoms with Crippen LogP contribution in [0.3, 0.4) is 0 Å². The number of rotatable bonds is 4. The van der Waals surface area contributed by atoms with Gasteiger partial charge in [-0.1, -0.05) is 19.9 Å². The van der Waals surface area contributed by atoms with Crippen LogP contribution in [0.4, 0.5) is 0 Å². The van der Waals surface area contributed by atoms with Crippen molar-refractivity contribution in [1.82, 2.24) is 14.7 Å². The van der Waals surface area contributed by atoms with E-state index in [1.54, 1.807) is 10.6 Å². The van der Waals surface area contributed by atoms with Gasteiger partial charge >= 0.3 is 0 Å². The van der Waals surface area contributed by atoms with Crippen LogP contribution in [0, 0.1) is 23.2 Å². The highest BCUT2D eigenvalue weighted by atomic mass is 16.3. The highest BCUT2D eigenvalue weighted by Gasteiger charge is 2.44. The van der Waals surface area contributed by atoms with Crippen LogP contribution in [-0.4, -0.2) is 26.9 Å². The minimum atomic E-state index is -0.122. The highest BCUT2D eigenvalue weighted by Crippen LogP contribution is 2.52. The fourth-order valence-electron chi connectivity index (χ4n) is 5.81. The maximum absolute atomic E-state index is 12.9. The Labute approximate surface area is 154 Å². The van der Waals surface area contributed by atoms with Crippen molar-refractivity contribution in [2.45, 2.75) is 52.6 Å². The molecule has 2 heterocycles. The number of carbonyl (C=O) groups excluding carboxylic acids is 1. The summed E-state index contributed by atoms with van der Waals surface area (Å²) in [4.78, 5) is 17.2. The van der Waals surface area contributed by atoms with E-state index < -0.39 is 0 Å². The number of aromatic nitrogens is 2. The van der Waals surface area contributed by atoms with Crippen molar-refractivity contribution >= 4 is 11.6 Å². The van der Waals surface area contributed by atoms with Crippen LogP contribution in [0.25, 0.3) is 5.65 Å². The van der Waals surface area contributed by atoms with E-state index in [1.165, 1.54) is 32.1 Å². The van der Waals surface area contributed by atoms with Crippen molar-refractivity contribution in [3.63, 3.8) is 0 Å². The van der Waals surface area contributed by atoms with E-state index in [0.29, 0.717) is 17.0 Å². The van der Waals surface area contributed by atoms with Gasteiger partial charge in [0, 0.05) is 12.7 Å². The van der Waals surface area contributed by atoms with E-state index >= 15 is 0 Å². The number of nitrogens with zero attached hydrogens (tertiary/aromatic N) is 2. The molecule has 140 valence electrons. The van der Waals surface area contributed by atoms with Crippen LogP contribution in [-0.2, 0) is 6.61 Å². The van der Waals surface area contributed by atoms with Gasteiger partial charge in [-0.2, -0.15) is 0 Å². The van der Waals surface area contributed by atoms with Crippen molar-refractivity contribution in [2.24, 2.45) is 23.2 Å². The predicted octanol–water partition coefficient (Wildman–Crippen LogP) is 3.41. The van der Waals surface area contributed by atoms with Gasteiger partial charge in [0.25, 0.3) is 5.91 Å². The van der Waals surface area contributed by atoms with Crippen LogP contribution in [0.2, 0.25) is 0 Å². The summed E-state index contributed by atoms with van der Waals surface area (Å²) in [6.45, 7) is 5.36. The van der Waals surface area contributed by atoms with E-state index in [4.69, 9.17) is 0 Å². The average Bonchev–Trinajstić information content (AvgIpc) is 3.01. The van der Waals surface area contributed by atoms with Crippen molar-refractivity contribution in [3.8, 4) is 0 Å². The number of aliphatic hydroxyl groups excluding tert-OH is 1. The molecule has 26 heavy (non-hydrogen) atoms. The summed E-state index contributed by atoms with van der Waals surface area (Å²) in [6.07, 6.45) is 8.13. The third kappa shape index (κ3) is 3.25. The number of nitrogens with one attached hydrogen (secondary N) is 1. The summed E-state index contributed by atoms with van der Waals surface area (Å²) in [7, 11) is 0. The Bertz CT molecular complexity index is 793. The van der Waals surface area contributed by atoms with Gasteiger partial charge in [-0.05, 0) is 67.4 Å². The maximum atomic E-state index is 12.9. The Morgan fingerprint density at radius 3 is 2.69 bits per heavy atom. The van der Waals surface area contributed by atoms with Crippen LogP contribution in [0.1, 0.15) is 62.1 Å². The van der Waals surface area contributed by atoms with Gasteiger partial charge in [-0.25, -0.2) is 4.98 Å². The Balaban J connectivity index is 1.52. The van der Waals surface area contributed by atoms with E-state index in [0.717, 1.165) is 24.3 Å². The average molecular weight is 355 g/mol. The van der Waals surface area contributed by atoms with E-state index in [-0.39, 0.29) is 17.9 Å². The zero-order valence-electron chi connectivity index (χ0n) is 15.7. The highest BCUT2D eigenvalue weighted by molar-refractivity contribution is 5.93. The topological polar surface area (TPSA) is 66.6 Å². The molecule has 2 aliphatic carbocycles. The van der Waals surface area contributed by atoms with E-state index in [2.05, 4.69) is 24.1 Å². The Hall–Kier alpha value is -1.88. The molecule has 2 unspecified atom stereocenters. The lowest BCUT2D eigenvalue weighted by atomic mass is 9.57. The molecule has 5 heteroatoms. The van der Waals surface area contributed by atoms with Gasteiger partial charge in [0.15, 0.2) is 0 Å². The second-order valence-corrected chi connectivity index (χ2v) is 8.87. The third-order valence-electron chi connectivity index (χ3n) is 6.32. The molecular formula is C21H29N3O2. The molecular weight excluding hydrogens is 326 g/mol. The molecule has 2 saturated carbocycles. The Kier molecular flexibility index (Phi) is 4.51. The fraction of sp³-hybridized carbons (Fsp3) is 0.619. The lowest BCUT2D eigenvalue weighted by molar-refractivity contribution is 0.0183. The maximum Gasteiger partial charge on any atom is 0.268 e. The quantitative estimate of drug-likeness (QED) is 0.883. The van der Waals surface area contributed by atoms with Crippen LogP contribution >= 0.6 is 0 Å². The van der Waals surface area contributed by atoms with Crippen LogP contribution < -0.4 is 5.32 Å². The molecule has 2 aromatic heterocycles. The minimum absolute atomic E-state index is 0.0557. The molecule has 0 aromatic carbocycles. The van der Waals surface area contributed by atoms with Crippen molar-refractivity contribution in [3.05, 3.63) is 35.8 Å². The van der Waals surface area contributed by atoms with Crippen molar-refractivity contribution in [2.75, 3.05) is 6.54 Å². The molecule has 4 rings (SSSR count). The molecule has 0 radical (unpaired) electrons. The van der Waals surface area contributed by atoms with E-state index in [1.807, 2.05) is 18.2 Å². The third-order valence-corrected chi connectivity index (χ3v) is 6.32. The molecule has 0 saturated heterocycles. The lowest BCUT2D eigenvalue weighted by Gasteiger charge is -2.50. The van der Waals surface area contributed by atoms with Gasteiger partial charge < -0.3 is 10.4 Å². The first-order valence-electron chi connectivity index (χ1n) is 9.84. The smallest absolute Gasteiger partial charge is 0.268 e. The summed E-state index contributed by atoms with van der Waals surface area (Å²) >= 11 is 0. The minimum Gasteiger partial charge on any atom is -0.390 e. The molecule has 2 N–H and O–H groups in total. The molecule has 2 bridgehead atoms. The SMILES string of the molecule is CC1CC2CC(C)CC(CNC(=O)c3cccc4nc(CO)cn34)(C1)C2. The summed E-state index contributed by atoms with van der Waals surface area (Å²) in [5, 5.41) is 12.5. The number of imidazole rings is 1. The zero-order chi connectivity index (χ0) is 18.3. The number of amides is 1. The van der Waals surface area contributed by atoms with Gasteiger partial charge in [0.2, 0.25) is 0 Å². The summed E-state index contributed by atoms with van der Waals surface area (Å²) in [6, 6.07) is 5.52. The first kappa shape index (κ1) is 17.5. The Morgan fingerprint density at radius 1 is 1.27 bits per heavy atom. The van der Waals surface area contributed by atoms with Crippen molar-refractivity contribution < 1.29 is 9.90 Å². The first-order valence-corrected chi connectivity index (χ1v) is 9.84. The number of pyridine rings is 1. The zero-order valence-corrected chi connectivity index (χ0v) is 15.7. The number of fused-ring (bicyclic) bond motifs is 3. The largest absolute Gasteiger partial charge is 0.390 e. The summed E-state index contributed by atoms with van der Waals surface area (Å²) in [5.74, 6) is 2.27. The summed E-state index contributed by atoms with van der Waals surface area (Å²) in [5.41, 5.74) is 2.11. The molecule has 2 aliphatic rings. The molecule has 0 spiro atoms. The second-order valence-electron chi connectivity index (χ2n) is 8.87. The molecule has 1 amide bonds.